The highest BCUT2D eigenvalue weighted by atomic mass is 35.5. The molecule has 2 aromatic carbocycles. The van der Waals surface area contributed by atoms with E-state index in [1.807, 2.05) is 0 Å². The van der Waals surface area contributed by atoms with Crippen LogP contribution >= 0.6 is 11.6 Å². The molecule has 1 heterocycles. The molecule has 8 heteroatoms. The summed E-state index contributed by atoms with van der Waals surface area (Å²) in [6.45, 7) is 1.36. The van der Waals surface area contributed by atoms with Gasteiger partial charge in [-0.05, 0) is 36.4 Å². The van der Waals surface area contributed by atoms with Gasteiger partial charge in [0.15, 0.2) is 0 Å². The summed E-state index contributed by atoms with van der Waals surface area (Å²) in [4.78, 5) is 48.9. The molecule has 0 aromatic heterocycles. The number of nitrogens with one attached hydrogen (secondary N) is 2. The van der Waals surface area contributed by atoms with Crippen molar-refractivity contribution in [2.75, 3.05) is 17.2 Å². The van der Waals surface area contributed by atoms with E-state index in [4.69, 9.17) is 11.6 Å². The normalized spacial score (nSPS) is 12.7. The summed E-state index contributed by atoms with van der Waals surface area (Å²) in [6, 6.07) is 11.3. The van der Waals surface area contributed by atoms with Gasteiger partial charge in [-0.2, -0.15) is 0 Å². The van der Waals surface area contributed by atoms with Gasteiger partial charge in [-0.25, -0.2) is 0 Å². The van der Waals surface area contributed by atoms with Gasteiger partial charge in [-0.3, -0.25) is 24.1 Å². The molecule has 27 heavy (non-hydrogen) atoms. The van der Waals surface area contributed by atoms with Crippen molar-refractivity contribution in [2.24, 2.45) is 0 Å². The van der Waals surface area contributed by atoms with Crippen molar-refractivity contribution in [1.82, 2.24) is 4.90 Å². The van der Waals surface area contributed by atoms with Crippen LogP contribution in [0.4, 0.5) is 11.4 Å². The van der Waals surface area contributed by atoms with Crippen molar-refractivity contribution in [1.29, 1.82) is 0 Å². The molecule has 2 N–H and O–H groups in total. The number of hydrogen-bond donors (Lipinski definition) is 2. The Bertz CT molecular complexity index is 940. The van der Waals surface area contributed by atoms with Crippen LogP contribution in [-0.2, 0) is 9.59 Å². The molecule has 0 atom stereocenters. The van der Waals surface area contributed by atoms with E-state index in [2.05, 4.69) is 10.6 Å². The van der Waals surface area contributed by atoms with Gasteiger partial charge in [0, 0.05) is 31.3 Å². The summed E-state index contributed by atoms with van der Waals surface area (Å²) in [7, 11) is 0. The molecule has 0 saturated carbocycles. The third-order valence-corrected chi connectivity index (χ3v) is 4.31. The SMILES string of the molecule is CC(=O)Nc1ccc(NC(=O)CCN2C(=O)c3cccc(Cl)c3C2=O)cc1. The number of anilines is 2. The monoisotopic (exact) mass is 385 g/mol. The Morgan fingerprint density at radius 2 is 1.59 bits per heavy atom. The molecule has 4 amide bonds. The zero-order valence-electron chi connectivity index (χ0n) is 14.4. The lowest BCUT2D eigenvalue weighted by Crippen LogP contribution is -2.32. The summed E-state index contributed by atoms with van der Waals surface area (Å²) in [5.41, 5.74) is 1.59. The maximum absolute atomic E-state index is 12.4. The lowest BCUT2D eigenvalue weighted by molar-refractivity contribution is -0.116. The Balaban J connectivity index is 1.58. The summed E-state index contributed by atoms with van der Waals surface area (Å²) >= 11 is 6.00. The molecule has 2 aromatic rings. The van der Waals surface area contributed by atoms with Gasteiger partial charge in [0.1, 0.15) is 0 Å². The van der Waals surface area contributed by atoms with Crippen LogP contribution in [0.15, 0.2) is 42.5 Å². The van der Waals surface area contributed by atoms with Gasteiger partial charge in [0.05, 0.1) is 16.1 Å². The molecule has 0 aliphatic carbocycles. The minimum absolute atomic E-state index is 0.0432. The number of halogens is 1. The van der Waals surface area contributed by atoms with Gasteiger partial charge in [-0.15, -0.1) is 0 Å². The van der Waals surface area contributed by atoms with Gasteiger partial charge in [-0.1, -0.05) is 17.7 Å². The number of carbonyl (C=O) groups excluding carboxylic acids is 4. The molecule has 0 spiro atoms. The van der Waals surface area contributed by atoms with Crippen molar-refractivity contribution in [3.05, 3.63) is 58.6 Å². The molecule has 0 unspecified atom stereocenters. The molecule has 138 valence electrons. The Hall–Kier alpha value is -3.19. The van der Waals surface area contributed by atoms with Gasteiger partial charge >= 0.3 is 0 Å². The van der Waals surface area contributed by atoms with Crippen LogP contribution in [0.2, 0.25) is 5.02 Å². The van der Waals surface area contributed by atoms with E-state index >= 15 is 0 Å². The summed E-state index contributed by atoms with van der Waals surface area (Å²) in [5, 5.41) is 5.53. The molecule has 1 aliphatic rings. The standard InChI is InChI=1S/C19H16ClN3O4/c1-11(24)21-12-5-7-13(8-6-12)22-16(25)9-10-23-18(26)14-3-2-4-15(20)17(14)19(23)27/h2-8H,9-10H2,1H3,(H,21,24)(H,22,25). The Kier molecular flexibility index (Phi) is 5.23. The number of imide groups is 1. The second-order valence-electron chi connectivity index (χ2n) is 5.98. The first-order chi connectivity index (χ1) is 12.9. The van der Waals surface area contributed by atoms with Crippen molar-refractivity contribution in [2.45, 2.75) is 13.3 Å². The average Bonchev–Trinajstić information content (AvgIpc) is 2.86. The van der Waals surface area contributed by atoms with E-state index in [1.54, 1.807) is 36.4 Å². The number of nitrogens with zero attached hydrogens (tertiary/aromatic N) is 1. The molecular formula is C19H16ClN3O4. The first-order valence-electron chi connectivity index (χ1n) is 8.19. The first-order valence-corrected chi connectivity index (χ1v) is 8.57. The Labute approximate surface area is 160 Å². The predicted molar refractivity (Wildman–Crippen MR) is 101 cm³/mol. The minimum atomic E-state index is -0.493. The van der Waals surface area contributed by atoms with E-state index in [-0.39, 0.29) is 40.9 Å². The Morgan fingerprint density at radius 1 is 0.963 bits per heavy atom. The highest BCUT2D eigenvalue weighted by Crippen LogP contribution is 2.29. The van der Waals surface area contributed by atoms with Crippen LogP contribution in [0.5, 0.6) is 0 Å². The third-order valence-electron chi connectivity index (χ3n) is 4.00. The quantitative estimate of drug-likeness (QED) is 0.773. The molecule has 7 nitrogen and oxygen atoms in total. The maximum Gasteiger partial charge on any atom is 0.263 e. The summed E-state index contributed by atoms with van der Waals surface area (Å²) in [5.74, 6) is -1.48. The lowest BCUT2D eigenvalue weighted by Gasteiger charge is -2.13. The average molecular weight is 386 g/mol. The molecule has 0 radical (unpaired) electrons. The van der Waals surface area contributed by atoms with Crippen molar-refractivity contribution < 1.29 is 19.2 Å². The zero-order chi connectivity index (χ0) is 19.6. The van der Waals surface area contributed by atoms with Crippen molar-refractivity contribution in [3.63, 3.8) is 0 Å². The fraction of sp³-hybridized carbons (Fsp3) is 0.158. The smallest absolute Gasteiger partial charge is 0.263 e. The fourth-order valence-corrected chi connectivity index (χ4v) is 3.03. The fourth-order valence-electron chi connectivity index (χ4n) is 2.77. The van der Waals surface area contributed by atoms with Crippen LogP contribution in [-0.4, -0.2) is 35.1 Å². The van der Waals surface area contributed by atoms with E-state index in [0.717, 1.165) is 4.90 Å². The largest absolute Gasteiger partial charge is 0.326 e. The summed E-state index contributed by atoms with van der Waals surface area (Å²) < 4.78 is 0. The zero-order valence-corrected chi connectivity index (χ0v) is 15.2. The molecule has 0 saturated heterocycles. The van der Waals surface area contributed by atoms with E-state index < -0.39 is 11.8 Å². The van der Waals surface area contributed by atoms with Crippen molar-refractivity contribution >= 4 is 46.6 Å². The number of amides is 4. The summed E-state index contributed by atoms with van der Waals surface area (Å²) in [6.07, 6.45) is -0.0451. The van der Waals surface area contributed by atoms with Crippen molar-refractivity contribution in [3.8, 4) is 0 Å². The molecule has 1 aliphatic heterocycles. The molecule has 3 rings (SSSR count). The number of rotatable bonds is 5. The van der Waals surface area contributed by atoms with Crippen LogP contribution in [0.25, 0.3) is 0 Å². The predicted octanol–water partition coefficient (Wildman–Crippen LogP) is 2.92. The number of fused-ring (bicyclic) bond motifs is 1. The number of carbonyl (C=O) groups is 4. The lowest BCUT2D eigenvalue weighted by atomic mass is 10.1. The molecular weight excluding hydrogens is 370 g/mol. The minimum Gasteiger partial charge on any atom is -0.326 e. The highest BCUT2D eigenvalue weighted by Gasteiger charge is 2.37. The molecule has 0 bridgehead atoms. The van der Waals surface area contributed by atoms with Gasteiger partial charge in [0.2, 0.25) is 11.8 Å². The van der Waals surface area contributed by atoms with Crippen LogP contribution < -0.4 is 10.6 Å². The molecule has 0 fully saturated rings. The second-order valence-corrected chi connectivity index (χ2v) is 6.39. The highest BCUT2D eigenvalue weighted by molar-refractivity contribution is 6.37. The Morgan fingerprint density at radius 3 is 2.19 bits per heavy atom. The van der Waals surface area contributed by atoms with Crippen LogP contribution in [0.3, 0.4) is 0 Å². The van der Waals surface area contributed by atoms with Crippen LogP contribution in [0.1, 0.15) is 34.1 Å². The topological polar surface area (TPSA) is 95.6 Å². The van der Waals surface area contributed by atoms with Gasteiger partial charge in [0.25, 0.3) is 11.8 Å². The maximum atomic E-state index is 12.4. The number of hydrogen-bond acceptors (Lipinski definition) is 4. The second kappa shape index (κ2) is 7.59. The van der Waals surface area contributed by atoms with E-state index in [1.165, 1.54) is 13.0 Å². The van der Waals surface area contributed by atoms with Gasteiger partial charge < -0.3 is 10.6 Å². The third kappa shape index (κ3) is 3.98. The van der Waals surface area contributed by atoms with E-state index in [0.29, 0.717) is 11.4 Å². The van der Waals surface area contributed by atoms with E-state index in [9.17, 15) is 19.2 Å². The first kappa shape index (κ1) is 18.6. The number of benzene rings is 2. The van der Waals surface area contributed by atoms with Crippen LogP contribution in [0, 0.1) is 0 Å².